The molecule has 7 N–H and O–H groups in total. The van der Waals surface area contributed by atoms with Crippen molar-refractivity contribution in [3.63, 3.8) is 0 Å². The number of anilines is 1. The number of amidine groups is 1. The monoisotopic (exact) mass is 673 g/mol. The van der Waals surface area contributed by atoms with Crippen molar-refractivity contribution in [2.24, 2.45) is 10.7 Å². The Balaban J connectivity index is 2.02. The molecular weight excluding hydrogens is 651 g/mol. The van der Waals surface area contributed by atoms with Crippen LogP contribution in [0.3, 0.4) is 0 Å². The first kappa shape index (κ1) is 28.9. The van der Waals surface area contributed by atoms with Crippen molar-refractivity contribution in [3.05, 3.63) is 87.6 Å². The molecule has 14 heteroatoms. The lowest BCUT2D eigenvalue weighted by Crippen LogP contribution is -2.34. The Morgan fingerprint density at radius 3 is 2.57 bits per heavy atom. The maximum atomic E-state index is 13.2. The molecule has 0 aliphatic carbocycles. The van der Waals surface area contributed by atoms with Gasteiger partial charge in [-0.2, -0.15) is 0 Å². The number of aliphatic hydroxyl groups excluding tert-OH is 1. The zero-order valence-electron chi connectivity index (χ0n) is 19.2. The number of aliphatic imine (C=N–C) groups is 1. The second kappa shape index (κ2) is 13.2. The summed E-state index contributed by atoms with van der Waals surface area (Å²) < 4.78 is 27.5. The summed E-state index contributed by atoms with van der Waals surface area (Å²) in [6.45, 7) is 0.00493. The molecular formula is C23H22FIN5O4PS2. The van der Waals surface area contributed by atoms with Gasteiger partial charge in [-0.1, -0.05) is 18.2 Å². The standard InChI is InChI=1S/C23H22FIN5O4PS2/c1-37(34)30-15-8-9-16(17(11-15)35(25)33)29-22(27)19(21(31)20(26)18-3-2-10-36-18)23(32)28-12-13-4-6-14(24)7-5-13/h2-11,26,30-31,33H,12H2,1H3,(H2,27,29)(H,28,32)/b21-19+,26-20?. The lowest BCUT2D eigenvalue weighted by Gasteiger charge is -2.14. The molecule has 0 aliphatic heterocycles. The second-order valence-electron chi connectivity index (χ2n) is 7.40. The fourth-order valence-electron chi connectivity index (χ4n) is 3.06. The fraction of sp³-hybridized carbons (Fsp3) is 0.0870. The second-order valence-corrected chi connectivity index (χ2v) is 13.2. The van der Waals surface area contributed by atoms with E-state index >= 15 is 0 Å². The van der Waals surface area contributed by atoms with Gasteiger partial charge in [-0.05, 0) is 69.4 Å². The van der Waals surface area contributed by atoms with Crippen LogP contribution in [0.2, 0.25) is 0 Å². The van der Waals surface area contributed by atoms with Gasteiger partial charge in [0.15, 0.2) is 5.76 Å². The van der Waals surface area contributed by atoms with Crippen LogP contribution in [-0.2, 0) is 22.3 Å². The fourth-order valence-corrected chi connectivity index (χ4v) is 5.91. The molecule has 0 saturated carbocycles. The third kappa shape index (κ3) is 7.89. The third-order valence-corrected chi connectivity index (χ3v) is 8.49. The molecule has 0 bridgehead atoms. The average molecular weight is 673 g/mol. The molecule has 9 nitrogen and oxygen atoms in total. The summed E-state index contributed by atoms with van der Waals surface area (Å²) in [6, 6.07) is 13.5. The van der Waals surface area contributed by atoms with Crippen LogP contribution in [-0.4, -0.2) is 37.9 Å². The van der Waals surface area contributed by atoms with Gasteiger partial charge in [-0.3, -0.25) is 10.2 Å². The highest BCUT2D eigenvalue weighted by Crippen LogP contribution is 2.42. The highest BCUT2D eigenvalue weighted by Gasteiger charge is 2.24. The molecule has 37 heavy (non-hydrogen) atoms. The minimum Gasteiger partial charge on any atom is -0.505 e. The summed E-state index contributed by atoms with van der Waals surface area (Å²) in [5.74, 6) is -3.99. The van der Waals surface area contributed by atoms with Gasteiger partial charge in [-0.25, -0.2) is 13.6 Å². The van der Waals surface area contributed by atoms with Crippen molar-refractivity contribution < 1.29 is 23.4 Å². The quantitative estimate of drug-likeness (QED) is 0.0476. The summed E-state index contributed by atoms with van der Waals surface area (Å²) in [5, 5.41) is 24.0. The van der Waals surface area contributed by atoms with Gasteiger partial charge < -0.3 is 25.8 Å². The van der Waals surface area contributed by atoms with Crippen LogP contribution >= 0.6 is 39.2 Å². The number of thiophene rings is 1. The van der Waals surface area contributed by atoms with Crippen molar-refractivity contribution >= 4 is 84.3 Å². The van der Waals surface area contributed by atoms with E-state index in [9.17, 15) is 23.4 Å². The first-order chi connectivity index (χ1) is 17.6. The number of halogens is 2. The number of allylic oxidation sites excluding steroid dienone is 1. The van der Waals surface area contributed by atoms with Crippen molar-refractivity contribution in [1.29, 1.82) is 5.41 Å². The Morgan fingerprint density at radius 2 is 1.97 bits per heavy atom. The van der Waals surface area contributed by atoms with Gasteiger partial charge in [0.1, 0.15) is 39.7 Å². The first-order valence-corrected chi connectivity index (χ1v) is 16.9. The molecule has 0 fully saturated rings. The molecule has 1 heterocycles. The van der Waals surface area contributed by atoms with E-state index in [0.717, 1.165) is 0 Å². The number of hydrogen-bond donors (Lipinski definition) is 6. The van der Waals surface area contributed by atoms with Crippen molar-refractivity contribution in [2.45, 2.75) is 6.54 Å². The summed E-state index contributed by atoms with van der Waals surface area (Å²) in [6.07, 6.45) is 1.46. The van der Waals surface area contributed by atoms with Crippen molar-refractivity contribution in [1.82, 2.24) is 5.32 Å². The normalized spacial score (nSPS) is 13.9. The molecule has 0 spiro atoms. The van der Waals surface area contributed by atoms with Gasteiger partial charge in [0.2, 0.25) is 0 Å². The summed E-state index contributed by atoms with van der Waals surface area (Å²) in [7, 11) is -1.34. The van der Waals surface area contributed by atoms with Gasteiger partial charge in [0, 0.05) is 23.8 Å². The van der Waals surface area contributed by atoms with E-state index in [4.69, 9.17) is 11.1 Å². The Bertz CT molecular complexity index is 1380. The number of aliphatic hydroxyl groups is 1. The minimum atomic E-state index is -1.70. The molecule has 194 valence electrons. The molecule has 3 rings (SSSR count). The van der Waals surface area contributed by atoms with E-state index < -0.39 is 39.8 Å². The number of carbonyl (C=O) groups excluding carboxylic acids is 1. The van der Waals surface area contributed by atoms with E-state index in [0.29, 0.717) is 21.4 Å². The molecule has 1 aromatic heterocycles. The van der Waals surface area contributed by atoms with Gasteiger partial charge in [-0.15, -0.1) is 11.3 Å². The van der Waals surface area contributed by atoms with Gasteiger partial charge in [0.05, 0.1) is 10.6 Å². The van der Waals surface area contributed by atoms with Crippen LogP contribution in [0.4, 0.5) is 15.8 Å². The number of amides is 1. The Hall–Kier alpha value is -2.71. The van der Waals surface area contributed by atoms with Crippen LogP contribution in [0.1, 0.15) is 10.4 Å². The Kier molecular flexibility index (Phi) is 10.3. The number of rotatable bonds is 10. The molecule has 2 atom stereocenters. The number of nitrogens with zero attached hydrogens (tertiary/aromatic N) is 1. The molecule has 1 amide bonds. The SMILES string of the molecule is CS(=O)Nc1ccc(N=C(N)/C(C(=O)NCc2ccc(F)cc2)=C(\O)C(=N)c2cccs2)c(P(O)I)c1. The molecule has 0 radical (unpaired) electrons. The van der Waals surface area contributed by atoms with Crippen molar-refractivity contribution in [2.75, 3.05) is 11.0 Å². The lowest BCUT2D eigenvalue weighted by atomic mass is 10.1. The van der Waals surface area contributed by atoms with Crippen LogP contribution in [0.5, 0.6) is 0 Å². The van der Waals surface area contributed by atoms with Crippen LogP contribution in [0.15, 0.2) is 76.3 Å². The zero-order chi connectivity index (χ0) is 27.1. The largest absolute Gasteiger partial charge is 0.505 e. The lowest BCUT2D eigenvalue weighted by molar-refractivity contribution is -0.117. The minimum absolute atomic E-state index is 0.00493. The van der Waals surface area contributed by atoms with E-state index in [1.165, 1.54) is 47.9 Å². The maximum Gasteiger partial charge on any atom is 0.259 e. The van der Waals surface area contributed by atoms with E-state index in [2.05, 4.69) is 15.0 Å². The molecule has 2 aromatic carbocycles. The highest BCUT2D eigenvalue weighted by molar-refractivity contribution is 14.2. The summed E-state index contributed by atoms with van der Waals surface area (Å²) >= 11 is 3.02. The Labute approximate surface area is 233 Å². The third-order valence-electron chi connectivity index (χ3n) is 4.77. The van der Waals surface area contributed by atoms with Crippen LogP contribution < -0.4 is 21.1 Å². The summed E-state index contributed by atoms with van der Waals surface area (Å²) in [5.41, 5.74) is 6.78. The smallest absolute Gasteiger partial charge is 0.259 e. The van der Waals surface area contributed by atoms with E-state index in [1.807, 2.05) is 22.0 Å². The number of nitrogens with two attached hydrogens (primary N) is 1. The van der Waals surface area contributed by atoms with Gasteiger partial charge in [0.25, 0.3) is 5.91 Å². The number of hydrogen-bond acceptors (Lipinski definition) is 7. The van der Waals surface area contributed by atoms with Crippen LogP contribution in [0, 0.1) is 11.2 Å². The Morgan fingerprint density at radius 1 is 1.27 bits per heavy atom. The summed E-state index contributed by atoms with van der Waals surface area (Å²) in [4.78, 5) is 28.2. The first-order valence-electron chi connectivity index (χ1n) is 10.4. The number of nitrogens with one attached hydrogen (secondary N) is 3. The maximum absolute atomic E-state index is 13.2. The highest BCUT2D eigenvalue weighted by atomic mass is 127. The predicted octanol–water partition coefficient (Wildman–Crippen LogP) is 4.14. The zero-order valence-corrected chi connectivity index (χ0v) is 23.9. The topological polar surface area (TPSA) is 161 Å². The van der Waals surface area contributed by atoms with Crippen LogP contribution in [0.25, 0.3) is 0 Å². The van der Waals surface area contributed by atoms with Crippen molar-refractivity contribution in [3.8, 4) is 0 Å². The molecule has 2 unspecified atom stereocenters. The van der Waals surface area contributed by atoms with Gasteiger partial charge >= 0.3 is 0 Å². The van der Waals surface area contributed by atoms with E-state index in [1.54, 1.807) is 29.6 Å². The predicted molar refractivity (Wildman–Crippen MR) is 157 cm³/mol. The van der Waals surface area contributed by atoms with E-state index in [-0.39, 0.29) is 23.8 Å². The number of carbonyl (C=O) groups is 1. The molecule has 0 saturated heterocycles. The molecule has 3 aromatic rings. The number of benzene rings is 2. The molecule has 0 aliphatic rings. The average Bonchev–Trinajstić information content (AvgIpc) is 3.39.